The highest BCUT2D eigenvalue weighted by Gasteiger charge is 2.39. The molecule has 142 valence electrons. The fraction of sp³-hybridized carbons (Fsp3) is 0.136. The van der Waals surface area contributed by atoms with Crippen LogP contribution in [0.3, 0.4) is 0 Å². The van der Waals surface area contributed by atoms with Crippen LogP contribution in [0.4, 0.5) is 4.79 Å². The molecule has 1 unspecified atom stereocenters. The highest BCUT2D eigenvalue weighted by Crippen LogP contribution is 2.41. The number of pyridine rings is 2. The van der Waals surface area contributed by atoms with Gasteiger partial charge in [0.25, 0.3) is 0 Å². The van der Waals surface area contributed by atoms with Crippen molar-refractivity contribution < 1.29 is 9.59 Å². The lowest BCUT2D eigenvalue weighted by Crippen LogP contribution is -2.36. The van der Waals surface area contributed by atoms with Gasteiger partial charge in [-0.2, -0.15) is 5.26 Å². The van der Waals surface area contributed by atoms with E-state index in [4.69, 9.17) is 0 Å². The van der Waals surface area contributed by atoms with Crippen molar-refractivity contribution in [2.24, 2.45) is 0 Å². The minimum absolute atomic E-state index is 0.0582. The van der Waals surface area contributed by atoms with E-state index in [1.807, 2.05) is 30.3 Å². The summed E-state index contributed by atoms with van der Waals surface area (Å²) in [5, 5.41) is 11.7. The van der Waals surface area contributed by atoms with Crippen molar-refractivity contribution >= 4 is 11.9 Å². The lowest BCUT2D eigenvalue weighted by atomic mass is 9.82. The minimum Gasteiger partial charge on any atom is -0.307 e. The van der Waals surface area contributed by atoms with Crippen LogP contribution in [0.15, 0.2) is 73.3 Å². The normalized spacial score (nSPS) is 14.6. The molecule has 29 heavy (non-hydrogen) atoms. The zero-order valence-corrected chi connectivity index (χ0v) is 15.4. The molecule has 1 aromatic carbocycles. The first kappa shape index (κ1) is 18.3. The second-order valence-corrected chi connectivity index (χ2v) is 6.71. The molecule has 0 saturated carbocycles. The summed E-state index contributed by atoms with van der Waals surface area (Å²) in [7, 11) is 0. The van der Waals surface area contributed by atoms with E-state index in [1.54, 1.807) is 43.0 Å². The van der Waals surface area contributed by atoms with Crippen molar-refractivity contribution in [1.29, 1.82) is 5.26 Å². The SMILES string of the molecule is N#Cc1cccc(C(C(c2cccnc2)c2cccnc2)N2CC(=O)NC2=O)c1. The Labute approximate surface area is 167 Å². The van der Waals surface area contributed by atoms with Crippen LogP contribution in [0, 0.1) is 11.3 Å². The van der Waals surface area contributed by atoms with E-state index in [2.05, 4.69) is 21.4 Å². The summed E-state index contributed by atoms with van der Waals surface area (Å²) in [4.78, 5) is 34.6. The van der Waals surface area contributed by atoms with Crippen molar-refractivity contribution in [1.82, 2.24) is 20.2 Å². The number of hydrogen-bond acceptors (Lipinski definition) is 5. The van der Waals surface area contributed by atoms with Gasteiger partial charge in [-0.1, -0.05) is 24.3 Å². The number of benzene rings is 1. The molecule has 7 nitrogen and oxygen atoms in total. The van der Waals surface area contributed by atoms with Crippen LogP contribution < -0.4 is 5.32 Å². The number of nitrogens with zero attached hydrogens (tertiary/aromatic N) is 4. The maximum absolute atomic E-state index is 12.6. The second-order valence-electron chi connectivity index (χ2n) is 6.71. The van der Waals surface area contributed by atoms with Crippen LogP contribution in [0.25, 0.3) is 0 Å². The molecule has 3 heterocycles. The molecule has 0 radical (unpaired) electrons. The highest BCUT2D eigenvalue weighted by atomic mass is 16.2. The molecule has 2 aromatic heterocycles. The number of amides is 3. The molecule has 1 atom stereocenters. The zero-order chi connectivity index (χ0) is 20.2. The van der Waals surface area contributed by atoms with Crippen LogP contribution in [0.5, 0.6) is 0 Å². The third-order valence-corrected chi connectivity index (χ3v) is 4.92. The van der Waals surface area contributed by atoms with E-state index >= 15 is 0 Å². The average Bonchev–Trinajstić information content (AvgIpc) is 3.10. The fourth-order valence-electron chi connectivity index (χ4n) is 3.70. The fourth-order valence-corrected chi connectivity index (χ4v) is 3.70. The largest absolute Gasteiger partial charge is 0.325 e. The first-order valence-electron chi connectivity index (χ1n) is 9.07. The Kier molecular flexibility index (Phi) is 4.99. The Bertz CT molecular complexity index is 1040. The summed E-state index contributed by atoms with van der Waals surface area (Å²) in [5.41, 5.74) is 2.99. The van der Waals surface area contributed by atoms with Gasteiger partial charge in [0.1, 0.15) is 6.54 Å². The smallest absolute Gasteiger partial charge is 0.307 e. The summed E-state index contributed by atoms with van der Waals surface area (Å²) >= 11 is 0. The first-order valence-corrected chi connectivity index (χ1v) is 9.07. The molecule has 0 bridgehead atoms. The first-order chi connectivity index (χ1) is 14.2. The third kappa shape index (κ3) is 3.69. The monoisotopic (exact) mass is 383 g/mol. The summed E-state index contributed by atoms with van der Waals surface area (Å²) in [6.07, 6.45) is 6.85. The number of nitriles is 1. The molecule has 7 heteroatoms. The Hall–Kier alpha value is -4.05. The van der Waals surface area contributed by atoms with Gasteiger partial charge in [0.15, 0.2) is 0 Å². The maximum atomic E-state index is 12.6. The van der Waals surface area contributed by atoms with Gasteiger partial charge in [-0.25, -0.2) is 4.79 Å². The topological polar surface area (TPSA) is 99.0 Å². The predicted octanol–water partition coefficient (Wildman–Crippen LogP) is 2.77. The van der Waals surface area contributed by atoms with Gasteiger partial charge >= 0.3 is 6.03 Å². The molecule has 4 rings (SSSR count). The number of imide groups is 1. The van der Waals surface area contributed by atoms with Gasteiger partial charge < -0.3 is 4.90 Å². The quantitative estimate of drug-likeness (QED) is 0.683. The lowest BCUT2D eigenvalue weighted by Gasteiger charge is -2.34. The molecule has 1 aliphatic rings. The zero-order valence-electron chi connectivity index (χ0n) is 15.4. The molecule has 0 aliphatic carbocycles. The Morgan fingerprint density at radius 3 is 2.14 bits per heavy atom. The Balaban J connectivity index is 1.92. The third-order valence-electron chi connectivity index (χ3n) is 4.92. The number of aromatic nitrogens is 2. The van der Waals surface area contributed by atoms with Crippen molar-refractivity contribution in [3.05, 3.63) is 95.6 Å². The molecule has 3 amide bonds. The number of hydrogen-bond donors (Lipinski definition) is 1. The minimum atomic E-state index is -0.525. The van der Waals surface area contributed by atoms with Gasteiger partial charge in [0.05, 0.1) is 17.7 Å². The van der Waals surface area contributed by atoms with Crippen molar-refractivity contribution in [3.8, 4) is 6.07 Å². The molecule has 1 fully saturated rings. The van der Waals surface area contributed by atoms with E-state index < -0.39 is 12.1 Å². The molecule has 3 aromatic rings. The summed E-state index contributed by atoms with van der Waals surface area (Å²) in [6.45, 7) is -0.0582. The number of urea groups is 1. The van der Waals surface area contributed by atoms with Gasteiger partial charge in [0, 0.05) is 30.7 Å². The molecule has 1 saturated heterocycles. The molecule has 0 spiro atoms. The molecular weight excluding hydrogens is 366 g/mol. The van der Waals surface area contributed by atoms with Gasteiger partial charge in [0.2, 0.25) is 5.91 Å². The van der Waals surface area contributed by atoms with Gasteiger partial charge in [-0.15, -0.1) is 0 Å². The average molecular weight is 383 g/mol. The number of rotatable bonds is 5. The lowest BCUT2D eigenvalue weighted by molar-refractivity contribution is -0.118. The van der Waals surface area contributed by atoms with Crippen molar-refractivity contribution in [2.75, 3.05) is 6.54 Å². The molecule has 1 N–H and O–H groups in total. The Morgan fingerprint density at radius 1 is 0.966 bits per heavy atom. The summed E-state index contributed by atoms with van der Waals surface area (Å²) in [5.74, 6) is -0.685. The van der Waals surface area contributed by atoms with Crippen LogP contribution in [-0.4, -0.2) is 33.4 Å². The van der Waals surface area contributed by atoms with Gasteiger partial charge in [-0.3, -0.25) is 20.1 Å². The van der Waals surface area contributed by atoms with Crippen LogP contribution >= 0.6 is 0 Å². The second kappa shape index (κ2) is 7.90. The predicted molar refractivity (Wildman–Crippen MR) is 104 cm³/mol. The van der Waals surface area contributed by atoms with Crippen LogP contribution in [0.2, 0.25) is 0 Å². The summed E-state index contributed by atoms with van der Waals surface area (Å²) < 4.78 is 0. The molecular formula is C22H17N5O2. The van der Waals surface area contributed by atoms with E-state index in [1.165, 1.54) is 4.90 Å². The van der Waals surface area contributed by atoms with Crippen LogP contribution in [0.1, 0.15) is 34.2 Å². The standard InChI is InChI=1S/C22H17N5O2/c23-11-15-4-1-5-16(10-15)21(27-14-19(28)26-22(27)29)20(17-6-2-8-24-12-17)18-7-3-9-25-13-18/h1-10,12-13,20-21H,14H2,(H,26,28,29). The number of nitrogens with one attached hydrogen (secondary N) is 1. The maximum Gasteiger partial charge on any atom is 0.325 e. The van der Waals surface area contributed by atoms with Gasteiger partial charge in [-0.05, 0) is 41.0 Å². The number of carbonyl (C=O) groups is 2. The van der Waals surface area contributed by atoms with E-state index in [0.29, 0.717) is 5.56 Å². The van der Waals surface area contributed by atoms with Crippen molar-refractivity contribution in [3.63, 3.8) is 0 Å². The van der Waals surface area contributed by atoms with Crippen LogP contribution in [-0.2, 0) is 4.79 Å². The van der Waals surface area contributed by atoms with Crippen molar-refractivity contribution in [2.45, 2.75) is 12.0 Å². The summed E-state index contributed by atoms with van der Waals surface area (Å²) in [6, 6.07) is 15.8. The van der Waals surface area contributed by atoms with E-state index in [-0.39, 0.29) is 18.4 Å². The Morgan fingerprint density at radius 2 is 1.62 bits per heavy atom. The highest BCUT2D eigenvalue weighted by molar-refractivity contribution is 6.02. The van der Waals surface area contributed by atoms with E-state index in [9.17, 15) is 14.9 Å². The van der Waals surface area contributed by atoms with E-state index in [0.717, 1.165) is 16.7 Å². The number of carbonyl (C=O) groups excluding carboxylic acids is 2. The molecule has 1 aliphatic heterocycles.